The fraction of sp³-hybridized carbons (Fsp3) is 1.00. The van der Waals surface area contributed by atoms with Crippen molar-refractivity contribution in [1.29, 1.82) is 0 Å². The second kappa shape index (κ2) is 7.34. The molecule has 0 amide bonds. The van der Waals surface area contributed by atoms with Crippen LogP contribution < -0.4 is 5.32 Å². The van der Waals surface area contributed by atoms with E-state index in [4.69, 9.17) is 0 Å². The largest absolute Gasteiger partial charge is 0.394 e. The molecular weight excluding hydrogens is 212 g/mol. The van der Waals surface area contributed by atoms with Gasteiger partial charge < -0.3 is 15.3 Å². The van der Waals surface area contributed by atoms with Gasteiger partial charge in [0.05, 0.1) is 12.1 Å². The van der Waals surface area contributed by atoms with Crippen LogP contribution in [0.3, 0.4) is 0 Å². The van der Waals surface area contributed by atoms with Crippen LogP contribution in [0.5, 0.6) is 0 Å². The van der Waals surface area contributed by atoms with Crippen LogP contribution in [-0.4, -0.2) is 48.8 Å². The Labute approximate surface area is 107 Å². The van der Waals surface area contributed by atoms with E-state index in [1.807, 2.05) is 0 Å². The lowest BCUT2D eigenvalue weighted by Gasteiger charge is -2.35. The lowest BCUT2D eigenvalue weighted by Crippen LogP contribution is -2.53. The molecule has 0 aliphatic heterocycles. The molecule has 3 heteroatoms. The molecule has 0 radical (unpaired) electrons. The van der Waals surface area contributed by atoms with E-state index in [0.717, 1.165) is 19.0 Å². The molecule has 102 valence electrons. The molecule has 0 spiro atoms. The Bertz CT molecular complexity index is 204. The topological polar surface area (TPSA) is 35.5 Å². The van der Waals surface area contributed by atoms with Crippen molar-refractivity contribution in [2.75, 3.05) is 33.3 Å². The molecule has 2 N–H and O–H groups in total. The number of hydrogen-bond donors (Lipinski definition) is 2. The molecule has 0 aromatic carbocycles. The van der Waals surface area contributed by atoms with Crippen molar-refractivity contribution in [1.82, 2.24) is 10.2 Å². The van der Waals surface area contributed by atoms with Crippen molar-refractivity contribution in [3.05, 3.63) is 0 Å². The van der Waals surface area contributed by atoms with Gasteiger partial charge in [0.1, 0.15) is 0 Å². The lowest BCUT2D eigenvalue weighted by atomic mass is 9.88. The molecule has 1 fully saturated rings. The van der Waals surface area contributed by atoms with Gasteiger partial charge in [0.15, 0.2) is 0 Å². The first-order valence-corrected chi connectivity index (χ1v) is 7.14. The highest BCUT2D eigenvalue weighted by atomic mass is 16.3. The summed E-state index contributed by atoms with van der Waals surface area (Å²) in [6.45, 7) is 7.42. The Morgan fingerprint density at radius 1 is 1.29 bits per heavy atom. The third kappa shape index (κ3) is 5.36. The molecule has 1 aliphatic rings. The summed E-state index contributed by atoms with van der Waals surface area (Å²) in [7, 11) is 2.18. The average Bonchev–Trinajstić information content (AvgIpc) is 2.30. The highest BCUT2D eigenvalue weighted by Crippen LogP contribution is 2.24. The molecule has 17 heavy (non-hydrogen) atoms. The molecule has 0 aromatic heterocycles. The maximum atomic E-state index is 9.48. The number of hydrogen-bond acceptors (Lipinski definition) is 3. The van der Waals surface area contributed by atoms with Crippen molar-refractivity contribution in [2.45, 2.75) is 51.5 Å². The molecule has 0 bridgehead atoms. The Balaban J connectivity index is 2.33. The van der Waals surface area contributed by atoms with Crippen molar-refractivity contribution < 1.29 is 5.11 Å². The zero-order chi connectivity index (χ0) is 12.7. The van der Waals surface area contributed by atoms with Crippen LogP contribution in [0.1, 0.15) is 46.0 Å². The SMILES string of the molecule is CCNC(C)(CO)CN(C)CC1CCCCC1. The van der Waals surface area contributed by atoms with Crippen molar-refractivity contribution in [2.24, 2.45) is 5.92 Å². The minimum Gasteiger partial charge on any atom is -0.394 e. The standard InChI is InChI=1S/C14H30N2O/c1-4-15-14(2,12-17)11-16(3)10-13-8-6-5-7-9-13/h13,15,17H,4-12H2,1-3H3. The van der Waals surface area contributed by atoms with Crippen molar-refractivity contribution in [3.8, 4) is 0 Å². The van der Waals surface area contributed by atoms with Crippen LogP contribution in [0, 0.1) is 5.92 Å². The summed E-state index contributed by atoms with van der Waals surface area (Å²) >= 11 is 0. The van der Waals surface area contributed by atoms with Gasteiger partial charge >= 0.3 is 0 Å². The second-order valence-corrected chi connectivity index (χ2v) is 5.95. The molecule has 1 atom stereocenters. The van der Waals surface area contributed by atoms with E-state index in [9.17, 15) is 5.11 Å². The van der Waals surface area contributed by atoms with Crippen LogP contribution in [0.15, 0.2) is 0 Å². The first-order chi connectivity index (χ1) is 8.09. The zero-order valence-corrected chi connectivity index (χ0v) is 11.8. The van der Waals surface area contributed by atoms with Gasteiger partial charge in [-0.25, -0.2) is 0 Å². The Hall–Kier alpha value is -0.120. The van der Waals surface area contributed by atoms with Gasteiger partial charge in [0.25, 0.3) is 0 Å². The first kappa shape index (κ1) is 14.9. The van der Waals surface area contributed by atoms with Gasteiger partial charge in [-0.15, -0.1) is 0 Å². The number of aliphatic hydroxyl groups is 1. The molecule has 0 heterocycles. The van der Waals surface area contributed by atoms with Crippen LogP contribution in [0.4, 0.5) is 0 Å². The van der Waals surface area contributed by atoms with Gasteiger partial charge in [-0.05, 0) is 39.3 Å². The Morgan fingerprint density at radius 2 is 1.94 bits per heavy atom. The Morgan fingerprint density at radius 3 is 2.47 bits per heavy atom. The fourth-order valence-electron chi connectivity index (χ4n) is 3.06. The monoisotopic (exact) mass is 242 g/mol. The van der Waals surface area contributed by atoms with E-state index in [1.54, 1.807) is 0 Å². The third-order valence-electron chi connectivity index (χ3n) is 3.87. The highest BCUT2D eigenvalue weighted by Gasteiger charge is 2.25. The number of likely N-dealkylation sites (N-methyl/N-ethyl adjacent to an activating group) is 2. The van der Waals surface area contributed by atoms with Crippen molar-refractivity contribution >= 4 is 0 Å². The van der Waals surface area contributed by atoms with E-state index in [-0.39, 0.29) is 12.1 Å². The van der Waals surface area contributed by atoms with Gasteiger partial charge in [-0.2, -0.15) is 0 Å². The van der Waals surface area contributed by atoms with Gasteiger partial charge in [0, 0.05) is 13.1 Å². The van der Waals surface area contributed by atoms with Crippen molar-refractivity contribution in [3.63, 3.8) is 0 Å². The first-order valence-electron chi connectivity index (χ1n) is 7.14. The number of nitrogens with one attached hydrogen (secondary N) is 1. The van der Waals surface area contributed by atoms with Crippen LogP contribution >= 0.6 is 0 Å². The minimum atomic E-state index is -0.155. The molecule has 1 rings (SSSR count). The van der Waals surface area contributed by atoms with E-state index in [0.29, 0.717) is 0 Å². The molecular formula is C14H30N2O. The van der Waals surface area contributed by atoms with Gasteiger partial charge in [0.2, 0.25) is 0 Å². The van der Waals surface area contributed by atoms with E-state index >= 15 is 0 Å². The van der Waals surface area contributed by atoms with Crippen LogP contribution in [-0.2, 0) is 0 Å². The van der Waals surface area contributed by atoms with Gasteiger partial charge in [-0.1, -0.05) is 26.2 Å². The molecule has 1 aliphatic carbocycles. The highest BCUT2D eigenvalue weighted by molar-refractivity contribution is 4.85. The maximum Gasteiger partial charge on any atom is 0.0623 e. The molecule has 1 saturated carbocycles. The second-order valence-electron chi connectivity index (χ2n) is 5.95. The van der Waals surface area contributed by atoms with E-state index < -0.39 is 0 Å². The number of nitrogens with zero attached hydrogens (tertiary/aromatic N) is 1. The summed E-state index contributed by atoms with van der Waals surface area (Å²) in [5.41, 5.74) is -0.155. The minimum absolute atomic E-state index is 0.155. The maximum absolute atomic E-state index is 9.48. The van der Waals surface area contributed by atoms with Crippen LogP contribution in [0.25, 0.3) is 0 Å². The summed E-state index contributed by atoms with van der Waals surface area (Å²) < 4.78 is 0. The lowest BCUT2D eigenvalue weighted by molar-refractivity contribution is 0.120. The molecule has 0 aromatic rings. The van der Waals surface area contributed by atoms with E-state index in [1.165, 1.54) is 38.6 Å². The predicted molar refractivity (Wildman–Crippen MR) is 73.2 cm³/mol. The molecule has 1 unspecified atom stereocenters. The zero-order valence-electron chi connectivity index (χ0n) is 11.8. The summed E-state index contributed by atoms with van der Waals surface area (Å²) in [6.07, 6.45) is 7.01. The summed E-state index contributed by atoms with van der Waals surface area (Å²) in [4.78, 5) is 2.38. The third-order valence-corrected chi connectivity index (χ3v) is 3.87. The van der Waals surface area contributed by atoms with E-state index in [2.05, 4.69) is 31.1 Å². The quantitative estimate of drug-likeness (QED) is 0.715. The molecule has 3 nitrogen and oxygen atoms in total. The van der Waals surface area contributed by atoms with Crippen LogP contribution in [0.2, 0.25) is 0 Å². The normalized spacial score (nSPS) is 21.7. The predicted octanol–water partition coefficient (Wildman–Crippen LogP) is 1.86. The number of aliphatic hydroxyl groups excluding tert-OH is 1. The summed E-state index contributed by atoms with van der Waals surface area (Å²) in [5.74, 6) is 0.873. The summed E-state index contributed by atoms with van der Waals surface area (Å²) in [6, 6.07) is 0. The molecule has 0 saturated heterocycles. The van der Waals surface area contributed by atoms with Gasteiger partial charge in [-0.3, -0.25) is 0 Å². The number of rotatable bonds is 7. The smallest absolute Gasteiger partial charge is 0.0623 e. The Kier molecular flexibility index (Phi) is 6.45. The average molecular weight is 242 g/mol. The fourth-order valence-corrected chi connectivity index (χ4v) is 3.06. The summed E-state index contributed by atoms with van der Waals surface area (Å²) in [5, 5.41) is 12.9.